The summed E-state index contributed by atoms with van der Waals surface area (Å²) in [6.45, 7) is 1.31. The van der Waals surface area contributed by atoms with Crippen LogP contribution in [-0.2, 0) is 10.2 Å². The van der Waals surface area contributed by atoms with E-state index in [0.717, 1.165) is 0 Å². The van der Waals surface area contributed by atoms with Crippen molar-refractivity contribution in [1.82, 2.24) is 5.32 Å². The highest BCUT2D eigenvalue weighted by atomic mass is 16.3. The van der Waals surface area contributed by atoms with Crippen molar-refractivity contribution in [3.05, 3.63) is 35.9 Å². The van der Waals surface area contributed by atoms with E-state index in [9.17, 15) is 25.7 Å². The van der Waals surface area contributed by atoms with Crippen LogP contribution in [0, 0.1) is 44.8 Å². The molecular weight excluding hydrogens is 268 g/mol. The van der Waals surface area contributed by atoms with E-state index in [-0.39, 0.29) is 0 Å². The van der Waals surface area contributed by atoms with Gasteiger partial charge in [-0.3, -0.25) is 4.79 Å². The third kappa shape index (κ3) is 0.923. The molecule has 1 aromatic carbocycles. The van der Waals surface area contributed by atoms with Crippen LogP contribution in [0.3, 0.4) is 0 Å². The fourth-order valence-electron chi connectivity index (χ4n) is 4.02. The van der Waals surface area contributed by atoms with Gasteiger partial charge >= 0.3 is 0 Å². The Morgan fingerprint density at radius 2 is 1.67 bits per heavy atom. The van der Waals surface area contributed by atoms with Gasteiger partial charge in [-0.25, -0.2) is 0 Å². The average Bonchev–Trinajstić information content (AvgIpc) is 3.00. The first kappa shape index (κ1) is 13.1. The Morgan fingerprint density at radius 1 is 1.10 bits per heavy atom. The summed E-state index contributed by atoms with van der Waals surface area (Å²) in [5, 5.41) is 41.6. The number of benzene rings is 1. The molecule has 2 fully saturated rings. The molecule has 0 spiro atoms. The number of hydrogen-bond acceptors (Lipinski definition) is 5. The second-order valence-electron chi connectivity index (χ2n) is 5.48. The molecule has 1 aliphatic carbocycles. The van der Waals surface area contributed by atoms with Crippen molar-refractivity contribution >= 4 is 5.91 Å². The lowest BCUT2D eigenvalue weighted by atomic mass is 9.79. The van der Waals surface area contributed by atoms with Gasteiger partial charge in [0.2, 0.25) is 5.91 Å². The molecule has 1 aromatic rings. The molecule has 1 saturated carbocycles. The summed E-state index contributed by atoms with van der Waals surface area (Å²) in [7, 11) is 0. The number of nitriles is 3. The minimum atomic E-state index is -1.91. The number of fused-ring (bicyclic) bond motifs is 1. The molecule has 0 bridgehead atoms. The largest absolute Gasteiger partial charge is 0.370 e. The molecule has 21 heavy (non-hydrogen) atoms. The van der Waals surface area contributed by atoms with Gasteiger partial charge in [-0.15, -0.1) is 0 Å². The van der Waals surface area contributed by atoms with Crippen molar-refractivity contribution in [2.24, 2.45) is 10.8 Å². The number of hydrogen-bond donors (Lipinski definition) is 2. The SMILES string of the molecule is C[C@]1(O)NC(=O)[C@]2(C#N)C(C#N)(C#N)[C@@]12c1ccccc1. The van der Waals surface area contributed by atoms with Gasteiger partial charge in [0, 0.05) is 0 Å². The fraction of sp³-hybridized carbons (Fsp3) is 0.333. The number of nitrogens with zero attached hydrogens (tertiary/aromatic N) is 3. The number of rotatable bonds is 1. The summed E-state index contributed by atoms with van der Waals surface area (Å²) < 4.78 is 0. The molecule has 6 nitrogen and oxygen atoms in total. The van der Waals surface area contributed by atoms with Gasteiger partial charge in [0.25, 0.3) is 0 Å². The Bertz CT molecular complexity index is 767. The standard InChI is InChI=1S/C15H10N4O2/c1-12(21)15(10-5-3-2-4-6-10)13(7-16,8-17)14(15,9-18)11(20)19-12/h2-6,21H,1H3,(H,19,20)/t12-,14-,15-/m1/s1. The topological polar surface area (TPSA) is 121 Å². The van der Waals surface area contributed by atoms with Crippen LogP contribution in [-0.4, -0.2) is 16.7 Å². The van der Waals surface area contributed by atoms with Gasteiger partial charge in [0.15, 0.2) is 10.8 Å². The lowest BCUT2D eigenvalue weighted by Gasteiger charge is -2.31. The Hall–Kier alpha value is -2.88. The Balaban J connectivity index is 2.45. The Kier molecular flexibility index (Phi) is 2.13. The summed E-state index contributed by atoms with van der Waals surface area (Å²) in [4.78, 5) is 12.3. The monoisotopic (exact) mass is 278 g/mol. The molecule has 0 unspecified atom stereocenters. The molecular formula is C15H10N4O2. The van der Waals surface area contributed by atoms with E-state index in [2.05, 4.69) is 5.32 Å². The summed E-state index contributed by atoms with van der Waals surface area (Å²) in [6, 6.07) is 13.8. The number of carbonyl (C=O) groups excluding carboxylic acids is 1. The lowest BCUT2D eigenvalue weighted by Crippen LogP contribution is -2.52. The predicted octanol–water partition coefficient (Wildman–Crippen LogP) is 0.320. The average molecular weight is 278 g/mol. The molecule has 1 aliphatic heterocycles. The summed E-state index contributed by atoms with van der Waals surface area (Å²) in [5.74, 6) is -0.790. The van der Waals surface area contributed by atoms with Gasteiger partial charge in [-0.1, -0.05) is 30.3 Å². The van der Waals surface area contributed by atoms with Crippen LogP contribution in [0.15, 0.2) is 30.3 Å². The van der Waals surface area contributed by atoms with E-state index in [1.165, 1.54) is 6.92 Å². The van der Waals surface area contributed by atoms with Gasteiger partial charge in [-0.2, -0.15) is 15.8 Å². The van der Waals surface area contributed by atoms with E-state index >= 15 is 0 Å². The van der Waals surface area contributed by atoms with Crippen molar-refractivity contribution in [2.45, 2.75) is 18.1 Å². The molecule has 1 amide bonds. The molecule has 102 valence electrons. The van der Waals surface area contributed by atoms with Crippen molar-refractivity contribution in [3.8, 4) is 18.2 Å². The Morgan fingerprint density at radius 3 is 2.10 bits per heavy atom. The Labute approximate surface area is 120 Å². The minimum absolute atomic E-state index is 0.415. The van der Waals surface area contributed by atoms with Crippen LogP contribution in [0.4, 0.5) is 0 Å². The number of aliphatic hydroxyl groups is 1. The van der Waals surface area contributed by atoms with Gasteiger partial charge in [0.1, 0.15) is 11.1 Å². The van der Waals surface area contributed by atoms with Crippen LogP contribution >= 0.6 is 0 Å². The van der Waals surface area contributed by atoms with Gasteiger partial charge < -0.3 is 10.4 Å². The predicted molar refractivity (Wildman–Crippen MR) is 68.6 cm³/mol. The normalized spacial score (nSPS) is 38.3. The first-order chi connectivity index (χ1) is 9.91. The molecule has 0 aromatic heterocycles. The van der Waals surface area contributed by atoms with E-state index < -0.39 is 27.9 Å². The van der Waals surface area contributed by atoms with Gasteiger partial charge in [-0.05, 0) is 12.5 Å². The summed E-state index contributed by atoms with van der Waals surface area (Å²) >= 11 is 0. The van der Waals surface area contributed by atoms with Crippen molar-refractivity contribution in [3.63, 3.8) is 0 Å². The van der Waals surface area contributed by atoms with Crippen LogP contribution in [0.25, 0.3) is 0 Å². The quantitative estimate of drug-likeness (QED) is 0.766. The zero-order valence-electron chi connectivity index (χ0n) is 11.1. The van der Waals surface area contributed by atoms with Crippen molar-refractivity contribution < 1.29 is 9.90 Å². The van der Waals surface area contributed by atoms with E-state index in [0.29, 0.717) is 5.56 Å². The summed E-state index contributed by atoms with van der Waals surface area (Å²) in [6.07, 6.45) is 0. The van der Waals surface area contributed by atoms with Crippen LogP contribution in [0.5, 0.6) is 0 Å². The number of amides is 1. The zero-order chi connectivity index (χ0) is 15.5. The molecule has 3 rings (SSSR count). The van der Waals surface area contributed by atoms with Crippen molar-refractivity contribution in [1.29, 1.82) is 15.8 Å². The minimum Gasteiger partial charge on any atom is -0.370 e. The number of piperidine rings is 1. The zero-order valence-corrected chi connectivity index (χ0v) is 11.1. The third-order valence-electron chi connectivity index (χ3n) is 4.76. The highest BCUT2D eigenvalue weighted by molar-refractivity contribution is 6.02. The second-order valence-corrected chi connectivity index (χ2v) is 5.48. The van der Waals surface area contributed by atoms with Crippen LogP contribution < -0.4 is 5.32 Å². The molecule has 6 heteroatoms. The molecule has 0 radical (unpaired) electrons. The smallest absolute Gasteiger partial charge is 0.246 e. The summed E-state index contributed by atoms with van der Waals surface area (Å²) in [5.41, 5.74) is -6.88. The number of carbonyl (C=O) groups is 1. The molecule has 1 saturated heterocycles. The first-order valence-corrected chi connectivity index (χ1v) is 6.26. The maximum Gasteiger partial charge on any atom is 0.246 e. The van der Waals surface area contributed by atoms with E-state index in [1.807, 2.05) is 18.2 Å². The van der Waals surface area contributed by atoms with E-state index in [1.54, 1.807) is 30.3 Å². The molecule has 3 atom stereocenters. The molecule has 2 aliphatic rings. The van der Waals surface area contributed by atoms with Gasteiger partial charge in [0.05, 0.1) is 18.2 Å². The number of nitrogens with one attached hydrogen (secondary N) is 1. The maximum atomic E-state index is 12.3. The highest BCUT2D eigenvalue weighted by Gasteiger charge is 3.02. The second kappa shape index (κ2) is 3.41. The van der Waals surface area contributed by atoms with Crippen molar-refractivity contribution in [2.75, 3.05) is 0 Å². The van der Waals surface area contributed by atoms with Crippen LogP contribution in [0.2, 0.25) is 0 Å². The lowest BCUT2D eigenvalue weighted by molar-refractivity contribution is -0.127. The van der Waals surface area contributed by atoms with E-state index in [4.69, 9.17) is 0 Å². The third-order valence-corrected chi connectivity index (χ3v) is 4.76. The fourth-order valence-corrected chi connectivity index (χ4v) is 4.02. The maximum absolute atomic E-state index is 12.3. The highest BCUT2D eigenvalue weighted by Crippen LogP contribution is 2.83. The molecule has 2 N–H and O–H groups in total. The first-order valence-electron chi connectivity index (χ1n) is 6.26. The molecule has 1 heterocycles. The van der Waals surface area contributed by atoms with Crippen LogP contribution in [0.1, 0.15) is 12.5 Å².